The molecular formula is C22H34N2O5. The highest BCUT2D eigenvalue weighted by molar-refractivity contribution is 5.76. The number of hydrogen-bond donors (Lipinski definition) is 0. The van der Waals surface area contributed by atoms with E-state index in [1.165, 1.54) is 19.3 Å². The zero-order chi connectivity index (χ0) is 20.4. The topological polar surface area (TPSA) is 71.6 Å². The zero-order valence-corrected chi connectivity index (χ0v) is 17.9. The molecule has 0 N–H and O–H groups in total. The lowest BCUT2D eigenvalue weighted by molar-refractivity contribution is -0.146. The smallest absolute Gasteiger partial charge is 0.409 e. The predicted molar refractivity (Wildman–Crippen MR) is 105 cm³/mol. The number of hydrogen-bond acceptors (Lipinski definition) is 6. The molecule has 0 radical (unpaired) electrons. The molecule has 3 aliphatic heterocycles. The van der Waals surface area contributed by atoms with Gasteiger partial charge in [0.15, 0.2) is 0 Å². The molecule has 2 aliphatic carbocycles. The van der Waals surface area contributed by atoms with Gasteiger partial charge in [0.25, 0.3) is 0 Å². The number of epoxide rings is 1. The Kier molecular flexibility index (Phi) is 4.63. The van der Waals surface area contributed by atoms with Crippen molar-refractivity contribution in [3.63, 3.8) is 0 Å². The fourth-order valence-corrected chi connectivity index (χ4v) is 7.05. The molecule has 0 aromatic carbocycles. The number of ether oxygens (including phenoxy) is 3. The Morgan fingerprint density at radius 1 is 1.28 bits per heavy atom. The van der Waals surface area contributed by atoms with Gasteiger partial charge in [-0.3, -0.25) is 9.69 Å². The first-order valence-electron chi connectivity index (χ1n) is 11.4. The van der Waals surface area contributed by atoms with Gasteiger partial charge in [0.2, 0.25) is 0 Å². The van der Waals surface area contributed by atoms with Crippen LogP contribution in [-0.2, 0) is 19.0 Å². The lowest BCUT2D eigenvalue weighted by Crippen LogP contribution is -2.55. The first-order chi connectivity index (χ1) is 13.9. The van der Waals surface area contributed by atoms with Crippen molar-refractivity contribution in [2.45, 2.75) is 64.3 Å². The molecule has 7 heteroatoms. The van der Waals surface area contributed by atoms with Gasteiger partial charge in [-0.1, -0.05) is 20.3 Å². The van der Waals surface area contributed by atoms with Crippen molar-refractivity contribution in [2.24, 2.45) is 23.2 Å². The van der Waals surface area contributed by atoms with Gasteiger partial charge in [0, 0.05) is 44.1 Å². The van der Waals surface area contributed by atoms with E-state index in [1.54, 1.807) is 4.90 Å². The minimum atomic E-state index is -0.237. The largest absolute Gasteiger partial charge is 0.462 e. The Morgan fingerprint density at radius 3 is 2.76 bits per heavy atom. The second-order valence-corrected chi connectivity index (χ2v) is 10.0. The van der Waals surface area contributed by atoms with E-state index < -0.39 is 0 Å². The molecule has 2 saturated carbocycles. The van der Waals surface area contributed by atoms with Crippen LogP contribution in [0.3, 0.4) is 0 Å². The highest BCUT2D eigenvalue weighted by atomic mass is 16.6. The van der Waals surface area contributed by atoms with Gasteiger partial charge in [0.05, 0.1) is 18.6 Å². The van der Waals surface area contributed by atoms with E-state index in [9.17, 15) is 9.59 Å². The molecule has 3 heterocycles. The standard InChI is InChI=1S/C22H34N2O5/c1-4-27-20(26)24-10-8-23(9-11-24)13-15-17-16(28-19(15)25)12-21(3)7-5-6-14(2)22(21)18(17)29-22/h14-18H,4-13H2,1-3H3/t14-,15?,16+,17+,18-,21+,22-/m0/s1. The van der Waals surface area contributed by atoms with E-state index in [1.807, 2.05) is 6.92 Å². The fraction of sp³-hybridized carbons (Fsp3) is 0.909. The second kappa shape index (κ2) is 6.84. The predicted octanol–water partition coefficient (Wildman–Crippen LogP) is 2.29. The molecule has 0 bridgehead atoms. The normalized spacial score (nSPS) is 46.4. The third-order valence-electron chi connectivity index (χ3n) is 8.55. The zero-order valence-electron chi connectivity index (χ0n) is 17.9. The third-order valence-corrected chi connectivity index (χ3v) is 8.55. The number of fused-ring (bicyclic) bond motifs is 2. The van der Waals surface area contributed by atoms with Crippen LogP contribution in [0.25, 0.3) is 0 Å². The monoisotopic (exact) mass is 406 g/mol. The van der Waals surface area contributed by atoms with Gasteiger partial charge in [-0.05, 0) is 32.1 Å². The molecule has 5 fully saturated rings. The molecule has 3 saturated heterocycles. The summed E-state index contributed by atoms with van der Waals surface area (Å²) in [5, 5.41) is 0. The van der Waals surface area contributed by atoms with E-state index >= 15 is 0 Å². The van der Waals surface area contributed by atoms with Gasteiger partial charge >= 0.3 is 12.1 Å². The second-order valence-electron chi connectivity index (χ2n) is 10.0. The van der Waals surface area contributed by atoms with Gasteiger partial charge in [0.1, 0.15) is 11.7 Å². The van der Waals surface area contributed by atoms with Crippen LogP contribution in [0.5, 0.6) is 0 Å². The number of nitrogens with zero attached hydrogens (tertiary/aromatic N) is 2. The Balaban J connectivity index is 1.26. The average molecular weight is 407 g/mol. The molecule has 0 aromatic heterocycles. The Labute approximate surface area is 173 Å². The SMILES string of the molecule is CCOC(=O)N1CCN(CC2C(=O)O[C@@H]3C[C@@]4(C)CCC[C@H](C)[C@@]45O[C@H]5[C@H]23)CC1. The quantitative estimate of drug-likeness (QED) is 0.529. The number of amides is 1. The number of carbonyl (C=O) groups is 2. The van der Waals surface area contributed by atoms with Crippen molar-refractivity contribution in [2.75, 3.05) is 39.3 Å². The maximum Gasteiger partial charge on any atom is 0.409 e. The molecular weight excluding hydrogens is 372 g/mol. The van der Waals surface area contributed by atoms with Crippen molar-refractivity contribution < 1.29 is 23.8 Å². The van der Waals surface area contributed by atoms with E-state index in [4.69, 9.17) is 14.2 Å². The van der Waals surface area contributed by atoms with Gasteiger partial charge in [-0.15, -0.1) is 0 Å². The Morgan fingerprint density at radius 2 is 2.03 bits per heavy atom. The Hall–Kier alpha value is -1.34. The van der Waals surface area contributed by atoms with Crippen LogP contribution in [0.1, 0.15) is 46.5 Å². The minimum absolute atomic E-state index is 0.00393. The first kappa shape index (κ1) is 19.6. The summed E-state index contributed by atoms with van der Waals surface area (Å²) in [5.41, 5.74) is 0.0954. The van der Waals surface area contributed by atoms with E-state index in [2.05, 4.69) is 18.7 Å². The number of rotatable bonds is 3. The van der Waals surface area contributed by atoms with Crippen molar-refractivity contribution in [1.29, 1.82) is 0 Å². The van der Waals surface area contributed by atoms with Crippen LogP contribution in [-0.4, -0.2) is 79.0 Å². The summed E-state index contributed by atoms with van der Waals surface area (Å²) in [6, 6.07) is 0. The number of piperazine rings is 1. The highest BCUT2D eigenvalue weighted by Crippen LogP contribution is 2.70. The van der Waals surface area contributed by atoms with Crippen molar-refractivity contribution in [3.8, 4) is 0 Å². The lowest BCUT2D eigenvalue weighted by Gasteiger charge is -2.49. The van der Waals surface area contributed by atoms with Gasteiger partial charge < -0.3 is 19.1 Å². The summed E-state index contributed by atoms with van der Waals surface area (Å²) in [6.07, 6.45) is 4.52. The van der Waals surface area contributed by atoms with Crippen LogP contribution < -0.4 is 0 Å². The highest BCUT2D eigenvalue weighted by Gasteiger charge is 2.78. The lowest BCUT2D eigenvalue weighted by atomic mass is 9.53. The molecule has 5 rings (SSSR count). The molecule has 7 atom stereocenters. The summed E-state index contributed by atoms with van der Waals surface area (Å²) in [6.45, 7) is 10.4. The summed E-state index contributed by atoms with van der Waals surface area (Å²) in [4.78, 5) is 28.8. The minimum Gasteiger partial charge on any atom is -0.462 e. The van der Waals surface area contributed by atoms with Crippen molar-refractivity contribution >= 4 is 12.1 Å². The molecule has 1 spiro atoms. The maximum absolute atomic E-state index is 12.8. The molecule has 1 amide bonds. The molecule has 5 aliphatic rings. The molecule has 7 nitrogen and oxygen atoms in total. The average Bonchev–Trinajstić information content (AvgIpc) is 3.37. The van der Waals surface area contributed by atoms with Crippen LogP contribution in [0.4, 0.5) is 4.79 Å². The summed E-state index contributed by atoms with van der Waals surface area (Å²) < 4.78 is 17.5. The van der Waals surface area contributed by atoms with Crippen molar-refractivity contribution in [3.05, 3.63) is 0 Å². The van der Waals surface area contributed by atoms with Crippen LogP contribution >= 0.6 is 0 Å². The van der Waals surface area contributed by atoms with Gasteiger partial charge in [-0.25, -0.2) is 4.79 Å². The van der Waals surface area contributed by atoms with Crippen LogP contribution in [0, 0.1) is 23.2 Å². The van der Waals surface area contributed by atoms with E-state index in [0.717, 1.165) is 19.5 Å². The van der Waals surface area contributed by atoms with Crippen molar-refractivity contribution in [1.82, 2.24) is 9.80 Å². The number of esters is 1. The van der Waals surface area contributed by atoms with Crippen LogP contribution in [0.15, 0.2) is 0 Å². The molecule has 0 aromatic rings. The van der Waals surface area contributed by atoms with Gasteiger partial charge in [-0.2, -0.15) is 0 Å². The summed E-state index contributed by atoms with van der Waals surface area (Å²) in [5.74, 6) is 0.571. The Bertz CT molecular complexity index is 693. The third kappa shape index (κ3) is 2.83. The molecule has 162 valence electrons. The summed E-state index contributed by atoms with van der Waals surface area (Å²) >= 11 is 0. The molecule has 29 heavy (non-hydrogen) atoms. The number of carbonyl (C=O) groups excluding carboxylic acids is 2. The van der Waals surface area contributed by atoms with E-state index in [0.29, 0.717) is 32.2 Å². The van der Waals surface area contributed by atoms with Crippen LogP contribution in [0.2, 0.25) is 0 Å². The summed E-state index contributed by atoms with van der Waals surface area (Å²) in [7, 11) is 0. The first-order valence-corrected chi connectivity index (χ1v) is 11.4. The van der Waals surface area contributed by atoms with E-state index in [-0.39, 0.29) is 47.1 Å². The maximum atomic E-state index is 12.8. The molecule has 1 unspecified atom stereocenters. The fourth-order valence-electron chi connectivity index (χ4n) is 7.05.